The van der Waals surface area contributed by atoms with Crippen LogP contribution in [-0.2, 0) is 19.1 Å². The lowest BCUT2D eigenvalue weighted by Crippen LogP contribution is -2.65. The third-order valence-electron chi connectivity index (χ3n) is 7.36. The number of nitrogens with one attached hydrogen (secondary N) is 2. The fourth-order valence-corrected chi connectivity index (χ4v) is 5.44. The van der Waals surface area contributed by atoms with Gasteiger partial charge in [-0.15, -0.1) is 0 Å². The van der Waals surface area contributed by atoms with E-state index < -0.39 is 29.0 Å². The molecule has 8 heteroatoms. The molecule has 1 saturated carbocycles. The second-order valence-corrected chi connectivity index (χ2v) is 9.38. The Labute approximate surface area is 197 Å². The molecular weight excluding hydrogens is 436 g/mol. The average molecular weight is 465 g/mol. The van der Waals surface area contributed by atoms with E-state index in [2.05, 4.69) is 22.8 Å². The number of hydrogen-bond acceptors (Lipinski definition) is 5. The van der Waals surface area contributed by atoms with Crippen LogP contribution in [0.4, 0.5) is 4.79 Å². The number of rotatable bonds is 6. The summed E-state index contributed by atoms with van der Waals surface area (Å²) < 4.78 is 11.1. The molecule has 2 aliphatic carbocycles. The predicted octanol–water partition coefficient (Wildman–Crippen LogP) is 3.20. The van der Waals surface area contributed by atoms with E-state index in [1.165, 1.54) is 0 Å². The molecule has 3 N–H and O–H groups in total. The number of benzene rings is 2. The predicted molar refractivity (Wildman–Crippen MR) is 123 cm³/mol. The van der Waals surface area contributed by atoms with Crippen molar-refractivity contribution in [2.24, 2.45) is 0 Å². The first-order valence-electron chi connectivity index (χ1n) is 11.7. The molecule has 1 unspecified atom stereocenters. The molecule has 8 nitrogen and oxygen atoms in total. The maximum absolute atomic E-state index is 13.2. The fraction of sp³-hybridized carbons (Fsp3) is 0.423. The lowest BCUT2D eigenvalue weighted by atomic mass is 9.92. The van der Waals surface area contributed by atoms with E-state index in [0.29, 0.717) is 12.8 Å². The number of alkyl carbamates (subject to hydrolysis) is 1. The fourth-order valence-electron chi connectivity index (χ4n) is 5.44. The van der Waals surface area contributed by atoms with E-state index in [4.69, 9.17) is 9.47 Å². The van der Waals surface area contributed by atoms with Gasteiger partial charge in [0.1, 0.15) is 17.7 Å². The van der Waals surface area contributed by atoms with E-state index in [1.54, 1.807) is 0 Å². The number of aliphatic carboxylic acids is 1. The molecule has 178 valence electrons. The number of carbonyl (C=O) groups excluding carboxylic acids is 2. The quantitative estimate of drug-likeness (QED) is 0.605. The summed E-state index contributed by atoms with van der Waals surface area (Å²) in [6, 6.07) is 16.1. The van der Waals surface area contributed by atoms with Crippen molar-refractivity contribution in [3.63, 3.8) is 0 Å². The average Bonchev–Trinajstić information content (AvgIpc) is 3.57. The Balaban J connectivity index is 1.29. The number of fused-ring (bicyclic) bond motifs is 3. The molecule has 1 atom stereocenters. The molecule has 1 saturated heterocycles. The zero-order valence-corrected chi connectivity index (χ0v) is 18.8. The van der Waals surface area contributed by atoms with Gasteiger partial charge in [0.15, 0.2) is 0 Å². The van der Waals surface area contributed by atoms with Gasteiger partial charge in [-0.1, -0.05) is 61.4 Å². The van der Waals surface area contributed by atoms with Crippen LogP contribution in [-0.4, -0.2) is 54.0 Å². The number of hydrogen-bond donors (Lipinski definition) is 3. The summed E-state index contributed by atoms with van der Waals surface area (Å²) in [7, 11) is 0. The third kappa shape index (κ3) is 3.81. The van der Waals surface area contributed by atoms with Gasteiger partial charge in [-0.2, -0.15) is 0 Å². The monoisotopic (exact) mass is 464 g/mol. The standard InChI is InChI=1S/C26H28N2O6/c29-22(27-25(23(30)31)11-5-6-12-25)26(13-14-33-16-26)28-24(32)34-15-21-19-9-3-1-7-17(19)18-8-2-4-10-20(18)21/h1-4,7-10,21H,5-6,11-16H2,(H,27,29)(H,28,32)(H,30,31). The molecule has 5 rings (SSSR count). The van der Waals surface area contributed by atoms with Gasteiger partial charge in [-0.25, -0.2) is 9.59 Å². The van der Waals surface area contributed by atoms with Gasteiger partial charge in [0, 0.05) is 18.9 Å². The smallest absolute Gasteiger partial charge is 0.408 e. The van der Waals surface area contributed by atoms with Gasteiger partial charge in [0.05, 0.1) is 6.61 Å². The minimum absolute atomic E-state index is 0.0290. The van der Waals surface area contributed by atoms with Crippen molar-refractivity contribution in [2.75, 3.05) is 19.8 Å². The number of carboxylic acid groups (broad SMARTS) is 1. The molecule has 0 aromatic heterocycles. The Morgan fingerprint density at radius 1 is 0.912 bits per heavy atom. The highest BCUT2D eigenvalue weighted by molar-refractivity contribution is 5.95. The largest absolute Gasteiger partial charge is 0.480 e. The summed E-state index contributed by atoms with van der Waals surface area (Å²) in [4.78, 5) is 38.0. The van der Waals surface area contributed by atoms with Gasteiger partial charge in [-0.05, 0) is 35.1 Å². The van der Waals surface area contributed by atoms with Crippen LogP contribution >= 0.6 is 0 Å². The topological polar surface area (TPSA) is 114 Å². The molecule has 2 amide bonds. The molecule has 2 fully saturated rings. The summed E-state index contributed by atoms with van der Waals surface area (Å²) in [5, 5.41) is 15.1. The maximum atomic E-state index is 13.2. The highest BCUT2D eigenvalue weighted by atomic mass is 16.6. The molecule has 2 aromatic rings. The third-order valence-corrected chi connectivity index (χ3v) is 7.36. The minimum atomic E-state index is -1.35. The van der Waals surface area contributed by atoms with E-state index >= 15 is 0 Å². The zero-order valence-electron chi connectivity index (χ0n) is 18.8. The summed E-state index contributed by atoms with van der Waals surface area (Å²) >= 11 is 0. The SMILES string of the molecule is O=C(NC1(C(=O)NC2(C(=O)O)CCCC2)CCOC1)OCC1c2ccccc2-c2ccccc21. The highest BCUT2D eigenvalue weighted by Crippen LogP contribution is 2.44. The molecule has 0 bridgehead atoms. The van der Waals surface area contributed by atoms with Crippen molar-refractivity contribution in [2.45, 2.75) is 49.1 Å². The zero-order chi connectivity index (χ0) is 23.8. The maximum Gasteiger partial charge on any atom is 0.408 e. The Kier molecular flexibility index (Phi) is 5.77. The van der Waals surface area contributed by atoms with Crippen LogP contribution < -0.4 is 10.6 Å². The van der Waals surface area contributed by atoms with Crippen LogP contribution in [0.5, 0.6) is 0 Å². The molecule has 1 aliphatic heterocycles. The lowest BCUT2D eigenvalue weighted by Gasteiger charge is -2.33. The Bertz CT molecular complexity index is 1070. The normalized spacial score (nSPS) is 22.6. The van der Waals surface area contributed by atoms with Gasteiger partial charge < -0.3 is 25.2 Å². The van der Waals surface area contributed by atoms with Crippen molar-refractivity contribution in [1.29, 1.82) is 0 Å². The first-order chi connectivity index (χ1) is 16.4. The Hall–Kier alpha value is -3.39. The number of carbonyl (C=O) groups is 3. The summed E-state index contributed by atoms with van der Waals surface area (Å²) in [5.74, 6) is -1.69. The summed E-state index contributed by atoms with van der Waals surface area (Å²) in [6.45, 7) is 0.382. The van der Waals surface area contributed by atoms with Gasteiger partial charge in [-0.3, -0.25) is 4.79 Å². The minimum Gasteiger partial charge on any atom is -0.480 e. The number of carboxylic acids is 1. The molecule has 34 heavy (non-hydrogen) atoms. The van der Waals surface area contributed by atoms with Crippen LogP contribution in [0.2, 0.25) is 0 Å². The van der Waals surface area contributed by atoms with Gasteiger partial charge >= 0.3 is 12.1 Å². The van der Waals surface area contributed by atoms with Gasteiger partial charge in [0.2, 0.25) is 5.91 Å². The highest BCUT2D eigenvalue weighted by Gasteiger charge is 2.50. The molecular formula is C26H28N2O6. The van der Waals surface area contributed by atoms with Crippen molar-refractivity contribution >= 4 is 18.0 Å². The van der Waals surface area contributed by atoms with Crippen LogP contribution in [0.1, 0.15) is 49.1 Å². The number of amides is 2. The van der Waals surface area contributed by atoms with Crippen molar-refractivity contribution in [1.82, 2.24) is 10.6 Å². The van der Waals surface area contributed by atoms with Crippen LogP contribution in [0, 0.1) is 0 Å². The van der Waals surface area contributed by atoms with E-state index in [0.717, 1.165) is 35.1 Å². The second kappa shape index (κ2) is 8.76. The van der Waals surface area contributed by atoms with Crippen molar-refractivity contribution < 1.29 is 29.0 Å². The molecule has 2 aromatic carbocycles. The molecule has 0 spiro atoms. The van der Waals surface area contributed by atoms with Gasteiger partial charge in [0.25, 0.3) is 0 Å². The Morgan fingerprint density at radius 3 is 2.09 bits per heavy atom. The number of ether oxygens (including phenoxy) is 2. The first kappa shape index (κ1) is 22.4. The Morgan fingerprint density at radius 2 is 1.53 bits per heavy atom. The van der Waals surface area contributed by atoms with Crippen molar-refractivity contribution in [3.8, 4) is 11.1 Å². The first-order valence-corrected chi connectivity index (χ1v) is 11.7. The summed E-state index contributed by atoms with van der Waals surface area (Å²) in [6.07, 6.45) is 1.73. The molecule has 0 radical (unpaired) electrons. The second-order valence-electron chi connectivity index (χ2n) is 9.38. The molecule has 3 aliphatic rings. The van der Waals surface area contributed by atoms with E-state index in [9.17, 15) is 19.5 Å². The molecule has 1 heterocycles. The van der Waals surface area contributed by atoms with Crippen molar-refractivity contribution in [3.05, 3.63) is 59.7 Å². The van der Waals surface area contributed by atoms with Crippen LogP contribution in [0.15, 0.2) is 48.5 Å². The van der Waals surface area contributed by atoms with E-state index in [1.807, 2.05) is 36.4 Å². The van der Waals surface area contributed by atoms with E-state index in [-0.39, 0.29) is 32.2 Å². The van der Waals surface area contributed by atoms with Crippen LogP contribution in [0.25, 0.3) is 11.1 Å². The lowest BCUT2D eigenvalue weighted by molar-refractivity contribution is -0.148. The van der Waals surface area contributed by atoms with Crippen LogP contribution in [0.3, 0.4) is 0 Å². The summed E-state index contributed by atoms with van der Waals surface area (Å²) in [5.41, 5.74) is 1.80.